The van der Waals surface area contributed by atoms with Gasteiger partial charge >= 0.3 is 0 Å². The summed E-state index contributed by atoms with van der Waals surface area (Å²) in [7, 11) is 0. The molecule has 0 radical (unpaired) electrons. The zero-order valence-electron chi connectivity index (χ0n) is 8.37. The number of nitrogens with zero attached hydrogens (tertiary/aromatic N) is 1. The molecule has 0 N–H and O–H groups in total. The summed E-state index contributed by atoms with van der Waals surface area (Å²) in [5.41, 5.74) is 1.98. The van der Waals surface area contributed by atoms with Gasteiger partial charge in [-0.3, -0.25) is 4.98 Å². The number of carbonyl (C=O) groups excluding carboxylic acids is 1. The van der Waals surface area contributed by atoms with Crippen LogP contribution in [0.15, 0.2) is 18.5 Å². The van der Waals surface area contributed by atoms with E-state index in [2.05, 4.69) is 11.1 Å². The van der Waals surface area contributed by atoms with Crippen molar-refractivity contribution in [2.45, 2.75) is 27.2 Å². The van der Waals surface area contributed by atoms with Gasteiger partial charge < -0.3 is 4.79 Å². The van der Waals surface area contributed by atoms with Crippen molar-refractivity contribution in [1.82, 2.24) is 4.98 Å². The van der Waals surface area contributed by atoms with Crippen molar-refractivity contribution in [3.63, 3.8) is 0 Å². The summed E-state index contributed by atoms with van der Waals surface area (Å²) in [5.74, 6) is 0. The van der Waals surface area contributed by atoms with Gasteiger partial charge in [-0.1, -0.05) is 19.9 Å². The first-order chi connectivity index (χ1) is 6.03. The molecule has 0 aliphatic rings. The minimum atomic E-state index is -0.282. The maximum absolute atomic E-state index is 10.7. The number of aldehydes is 1. The molecular weight excluding hydrogens is 162 g/mol. The molecule has 0 aliphatic heterocycles. The monoisotopic (exact) mass is 177 g/mol. The lowest BCUT2D eigenvalue weighted by molar-refractivity contribution is -0.114. The molecule has 13 heavy (non-hydrogen) atoms. The van der Waals surface area contributed by atoms with Gasteiger partial charge in [-0.15, -0.1) is 0 Å². The van der Waals surface area contributed by atoms with Crippen molar-refractivity contribution in [3.8, 4) is 0 Å². The van der Waals surface area contributed by atoms with Crippen LogP contribution in [0.4, 0.5) is 0 Å². The number of hydrogen-bond acceptors (Lipinski definition) is 2. The van der Waals surface area contributed by atoms with Crippen LogP contribution < -0.4 is 0 Å². The van der Waals surface area contributed by atoms with Crippen LogP contribution in [0.25, 0.3) is 0 Å². The number of rotatable bonds is 3. The molecule has 70 valence electrons. The van der Waals surface area contributed by atoms with E-state index in [1.54, 1.807) is 0 Å². The van der Waals surface area contributed by atoms with Crippen LogP contribution in [-0.2, 0) is 11.2 Å². The van der Waals surface area contributed by atoms with Crippen molar-refractivity contribution in [3.05, 3.63) is 29.6 Å². The lowest BCUT2D eigenvalue weighted by Crippen LogP contribution is -2.16. The molecule has 0 atom stereocenters. The van der Waals surface area contributed by atoms with E-state index in [1.165, 1.54) is 0 Å². The van der Waals surface area contributed by atoms with Gasteiger partial charge in [0.15, 0.2) is 0 Å². The van der Waals surface area contributed by atoms with Crippen molar-refractivity contribution < 1.29 is 4.79 Å². The fourth-order valence-electron chi connectivity index (χ4n) is 1.28. The van der Waals surface area contributed by atoms with Gasteiger partial charge in [-0.2, -0.15) is 0 Å². The van der Waals surface area contributed by atoms with E-state index in [0.29, 0.717) is 0 Å². The summed E-state index contributed by atoms with van der Waals surface area (Å²) < 4.78 is 0. The molecule has 0 spiro atoms. The Morgan fingerprint density at radius 1 is 1.46 bits per heavy atom. The Bertz CT molecular complexity index is 305. The van der Waals surface area contributed by atoms with Gasteiger partial charge in [-0.25, -0.2) is 0 Å². The highest BCUT2D eigenvalue weighted by molar-refractivity contribution is 5.58. The van der Waals surface area contributed by atoms with Crippen LogP contribution >= 0.6 is 0 Å². The van der Waals surface area contributed by atoms with Crippen LogP contribution in [0.3, 0.4) is 0 Å². The third kappa shape index (κ3) is 2.98. The highest BCUT2D eigenvalue weighted by atomic mass is 16.1. The molecule has 1 aromatic rings. The minimum absolute atomic E-state index is 0.282. The summed E-state index contributed by atoms with van der Waals surface area (Å²) in [6.07, 6.45) is 5.39. The molecule has 0 aliphatic carbocycles. The molecular formula is C11H15NO. The summed E-state index contributed by atoms with van der Waals surface area (Å²) in [5, 5.41) is 0. The zero-order chi connectivity index (χ0) is 9.90. The Hall–Kier alpha value is -1.18. The van der Waals surface area contributed by atoms with Gasteiger partial charge in [0, 0.05) is 17.8 Å². The standard InChI is InChI=1S/C11H15NO/c1-9-4-10(7-12-6-9)5-11(2,3)8-13/h4,6-8H,5H2,1-3H3. The van der Waals surface area contributed by atoms with Crippen LogP contribution in [-0.4, -0.2) is 11.3 Å². The first kappa shape index (κ1) is 9.90. The van der Waals surface area contributed by atoms with Crippen molar-refractivity contribution in [2.24, 2.45) is 5.41 Å². The second-order valence-electron chi connectivity index (χ2n) is 4.15. The fraction of sp³-hybridized carbons (Fsp3) is 0.455. The molecule has 0 saturated heterocycles. The topological polar surface area (TPSA) is 30.0 Å². The Labute approximate surface area is 79.0 Å². The Morgan fingerprint density at radius 2 is 2.15 bits per heavy atom. The molecule has 0 aromatic carbocycles. The smallest absolute Gasteiger partial charge is 0.125 e. The number of pyridine rings is 1. The lowest BCUT2D eigenvalue weighted by Gasteiger charge is -2.16. The van der Waals surface area contributed by atoms with Crippen molar-refractivity contribution in [1.29, 1.82) is 0 Å². The van der Waals surface area contributed by atoms with E-state index >= 15 is 0 Å². The van der Waals surface area contributed by atoms with E-state index in [1.807, 2.05) is 33.2 Å². The average Bonchev–Trinajstić information content (AvgIpc) is 2.03. The van der Waals surface area contributed by atoms with Gasteiger partial charge in [0.1, 0.15) is 6.29 Å². The summed E-state index contributed by atoms with van der Waals surface area (Å²) in [6, 6.07) is 2.07. The maximum atomic E-state index is 10.7. The summed E-state index contributed by atoms with van der Waals surface area (Å²) >= 11 is 0. The normalized spacial score (nSPS) is 11.3. The van der Waals surface area contributed by atoms with Gasteiger partial charge in [-0.05, 0) is 24.5 Å². The maximum Gasteiger partial charge on any atom is 0.125 e. The largest absolute Gasteiger partial charge is 0.303 e. The first-order valence-electron chi connectivity index (χ1n) is 4.40. The Morgan fingerprint density at radius 3 is 2.69 bits per heavy atom. The number of hydrogen-bond donors (Lipinski definition) is 0. The van der Waals surface area contributed by atoms with E-state index in [4.69, 9.17) is 0 Å². The zero-order valence-corrected chi connectivity index (χ0v) is 8.37. The van der Waals surface area contributed by atoms with Crippen LogP contribution in [0.1, 0.15) is 25.0 Å². The molecule has 0 bridgehead atoms. The van der Waals surface area contributed by atoms with E-state index < -0.39 is 0 Å². The Balaban J connectivity index is 2.80. The number of aryl methyl sites for hydroxylation is 1. The molecule has 0 saturated carbocycles. The van der Waals surface area contributed by atoms with E-state index in [0.717, 1.165) is 23.8 Å². The SMILES string of the molecule is Cc1cncc(CC(C)(C)C=O)c1. The molecule has 0 amide bonds. The molecule has 2 nitrogen and oxygen atoms in total. The van der Waals surface area contributed by atoms with E-state index in [9.17, 15) is 4.79 Å². The molecule has 1 aromatic heterocycles. The summed E-state index contributed by atoms with van der Waals surface area (Å²) in [4.78, 5) is 14.8. The van der Waals surface area contributed by atoms with Crippen LogP contribution in [0, 0.1) is 12.3 Å². The van der Waals surface area contributed by atoms with Crippen LogP contribution in [0.2, 0.25) is 0 Å². The van der Waals surface area contributed by atoms with Crippen LogP contribution in [0.5, 0.6) is 0 Å². The highest BCUT2D eigenvalue weighted by Gasteiger charge is 2.16. The molecule has 2 heteroatoms. The van der Waals surface area contributed by atoms with Crippen molar-refractivity contribution in [2.75, 3.05) is 0 Å². The number of carbonyl (C=O) groups is 1. The van der Waals surface area contributed by atoms with E-state index in [-0.39, 0.29) is 5.41 Å². The first-order valence-corrected chi connectivity index (χ1v) is 4.40. The summed E-state index contributed by atoms with van der Waals surface area (Å²) in [6.45, 7) is 5.87. The molecule has 0 unspecified atom stereocenters. The molecule has 1 heterocycles. The molecule has 0 fully saturated rings. The van der Waals surface area contributed by atoms with Gasteiger partial charge in [0.25, 0.3) is 0 Å². The lowest BCUT2D eigenvalue weighted by atomic mass is 9.88. The average molecular weight is 177 g/mol. The number of aromatic nitrogens is 1. The molecule has 1 rings (SSSR count). The van der Waals surface area contributed by atoms with Gasteiger partial charge in [0.2, 0.25) is 0 Å². The Kier molecular flexibility index (Phi) is 2.81. The van der Waals surface area contributed by atoms with Gasteiger partial charge in [0.05, 0.1) is 0 Å². The predicted molar refractivity (Wildman–Crippen MR) is 52.5 cm³/mol. The highest BCUT2D eigenvalue weighted by Crippen LogP contribution is 2.18. The quantitative estimate of drug-likeness (QED) is 0.662. The second kappa shape index (κ2) is 3.69. The second-order valence-corrected chi connectivity index (χ2v) is 4.15. The predicted octanol–water partition coefficient (Wildman–Crippen LogP) is 2.16. The van der Waals surface area contributed by atoms with Crippen molar-refractivity contribution >= 4 is 6.29 Å². The fourth-order valence-corrected chi connectivity index (χ4v) is 1.28. The third-order valence-corrected chi connectivity index (χ3v) is 1.91. The minimum Gasteiger partial charge on any atom is -0.303 e. The third-order valence-electron chi connectivity index (χ3n) is 1.91.